The van der Waals surface area contributed by atoms with Gasteiger partial charge >= 0.3 is 34.7 Å². The van der Waals surface area contributed by atoms with Gasteiger partial charge in [0.15, 0.2) is 0 Å². The standard InChI is InChI=1S/3C2H2O4.2Al.3H2O/c3*3-1(4)2(5)6;;;;;/h3*(H,3,4)(H,5,6);;;3*1H2/q;;;2*+3;;;/p-6. The van der Waals surface area contributed by atoms with Gasteiger partial charge in [0, 0.05) is 0 Å². The van der Waals surface area contributed by atoms with Crippen LogP contribution in [0.3, 0.4) is 0 Å². The van der Waals surface area contributed by atoms with Gasteiger partial charge in [-0.2, -0.15) is 0 Å². The molecule has 0 heterocycles. The van der Waals surface area contributed by atoms with Crippen molar-refractivity contribution in [1.29, 1.82) is 0 Å². The van der Waals surface area contributed by atoms with Crippen LogP contribution in [-0.4, -0.2) is 87.0 Å². The second kappa shape index (κ2) is 28.0. The van der Waals surface area contributed by atoms with Crippen LogP contribution < -0.4 is 30.6 Å². The van der Waals surface area contributed by atoms with Crippen molar-refractivity contribution in [2.45, 2.75) is 0 Å². The second-order valence-corrected chi connectivity index (χ2v) is 1.72. The minimum atomic E-state index is -2.19. The van der Waals surface area contributed by atoms with Crippen molar-refractivity contribution in [3.8, 4) is 0 Å². The molecule has 0 fully saturated rings. The molecular weight excluding hydrogens is 366 g/mol. The first kappa shape index (κ1) is 49.8. The number of carboxylic acid groups (broad SMARTS) is 6. The van der Waals surface area contributed by atoms with Gasteiger partial charge in [-0.25, -0.2) is 0 Å². The predicted molar refractivity (Wildman–Crippen MR) is 52.4 cm³/mol. The Kier molecular flexibility index (Phi) is 60.6. The fourth-order valence-corrected chi connectivity index (χ4v) is 0. The van der Waals surface area contributed by atoms with Crippen LogP contribution in [0.25, 0.3) is 0 Å². The van der Waals surface area contributed by atoms with Crippen LogP contribution in [0.1, 0.15) is 0 Å². The summed E-state index contributed by atoms with van der Waals surface area (Å²) in [6, 6.07) is 0. The van der Waals surface area contributed by atoms with Crippen molar-refractivity contribution in [2.24, 2.45) is 0 Å². The Balaban J connectivity index is -0.0000000221. The third kappa shape index (κ3) is 65.4. The Bertz CT molecular complexity index is 283. The summed E-state index contributed by atoms with van der Waals surface area (Å²) in [4.78, 5) is 53.6. The third-order valence-electron chi connectivity index (χ3n) is 0.500. The van der Waals surface area contributed by atoms with Crippen molar-refractivity contribution in [3.63, 3.8) is 0 Å². The minimum Gasteiger partial charge on any atom is -0.543 e. The van der Waals surface area contributed by atoms with Gasteiger partial charge in [-0.05, 0) is 0 Å². The van der Waals surface area contributed by atoms with E-state index in [-0.39, 0.29) is 51.2 Å². The van der Waals surface area contributed by atoms with Crippen LogP contribution >= 0.6 is 0 Å². The molecule has 126 valence electrons. The number of rotatable bonds is 0. The molecule has 23 heavy (non-hydrogen) atoms. The Hall–Kier alpha value is -2.24. The van der Waals surface area contributed by atoms with E-state index in [4.69, 9.17) is 59.4 Å². The molecule has 0 aliphatic heterocycles. The summed E-state index contributed by atoms with van der Waals surface area (Å²) >= 11 is 0. The van der Waals surface area contributed by atoms with E-state index in [1.165, 1.54) is 0 Å². The average molecular weight is 372 g/mol. The predicted octanol–water partition coefficient (Wildman–Crippen LogP) is -13.8. The van der Waals surface area contributed by atoms with E-state index in [1.54, 1.807) is 0 Å². The fraction of sp³-hybridized carbons (Fsp3) is 0. The van der Waals surface area contributed by atoms with Gasteiger partial charge in [0.25, 0.3) is 0 Å². The zero-order chi connectivity index (χ0) is 15.5. The molecular formula is C6H6Al2O15. The Morgan fingerprint density at radius 2 is 0.391 bits per heavy atom. The number of carboxylic acids is 6. The summed E-state index contributed by atoms with van der Waals surface area (Å²) in [5.74, 6) is -13.1. The van der Waals surface area contributed by atoms with Crippen molar-refractivity contribution in [3.05, 3.63) is 0 Å². The maximum Gasteiger partial charge on any atom is 3.00 e. The molecule has 0 bridgehead atoms. The largest absolute Gasteiger partial charge is 3.00 e. The van der Waals surface area contributed by atoms with Gasteiger partial charge in [0.05, 0.1) is 35.8 Å². The molecule has 0 aliphatic rings. The van der Waals surface area contributed by atoms with Crippen molar-refractivity contribution >= 4 is 70.5 Å². The summed E-state index contributed by atoms with van der Waals surface area (Å²) in [5.41, 5.74) is 0. The van der Waals surface area contributed by atoms with E-state index in [1.807, 2.05) is 0 Å². The molecule has 0 aromatic rings. The van der Waals surface area contributed by atoms with E-state index in [9.17, 15) is 0 Å². The monoisotopic (exact) mass is 372 g/mol. The van der Waals surface area contributed by atoms with Gasteiger partial charge in [-0.15, -0.1) is 0 Å². The molecule has 15 nitrogen and oxygen atoms in total. The zero-order valence-corrected chi connectivity index (χ0v) is 12.9. The van der Waals surface area contributed by atoms with Crippen LogP contribution in [-0.2, 0) is 28.8 Å². The number of aliphatic carboxylic acids is 6. The molecule has 0 unspecified atom stereocenters. The molecule has 0 radical (unpaired) electrons. The summed E-state index contributed by atoms with van der Waals surface area (Å²) in [6.45, 7) is 0. The molecule has 0 atom stereocenters. The van der Waals surface area contributed by atoms with Crippen molar-refractivity contribution in [2.75, 3.05) is 0 Å². The Morgan fingerprint density at radius 3 is 0.391 bits per heavy atom. The van der Waals surface area contributed by atoms with E-state index >= 15 is 0 Å². The van der Waals surface area contributed by atoms with E-state index in [0.29, 0.717) is 0 Å². The topological polar surface area (TPSA) is 335 Å². The van der Waals surface area contributed by atoms with E-state index in [2.05, 4.69) is 0 Å². The first-order chi connectivity index (χ1) is 7.93. The number of carbonyl (C=O) groups is 6. The zero-order valence-electron chi connectivity index (χ0n) is 10.6. The third-order valence-corrected chi connectivity index (χ3v) is 0.500. The minimum absolute atomic E-state index is 0. The number of hydrogen-bond acceptors (Lipinski definition) is 12. The molecule has 6 N–H and O–H groups in total. The second-order valence-electron chi connectivity index (χ2n) is 1.72. The molecule has 0 amide bonds. The van der Waals surface area contributed by atoms with Crippen LogP contribution in [0.2, 0.25) is 0 Å². The molecule has 0 rings (SSSR count). The van der Waals surface area contributed by atoms with Crippen molar-refractivity contribution in [1.82, 2.24) is 0 Å². The van der Waals surface area contributed by atoms with Crippen LogP contribution in [0, 0.1) is 0 Å². The fourth-order valence-electron chi connectivity index (χ4n) is 0. The van der Waals surface area contributed by atoms with Gasteiger partial charge in [-0.3, -0.25) is 0 Å². The summed E-state index contributed by atoms with van der Waals surface area (Å²) in [5, 5.41) is 53.6. The maximum absolute atomic E-state index is 8.93. The van der Waals surface area contributed by atoms with Gasteiger partial charge in [0.2, 0.25) is 0 Å². The SMILES string of the molecule is O.O.O.O=C([O-])C(=O)[O-].O=C([O-])C(=O)[O-].O=C([O-])C(=O)[O-].[Al+3].[Al+3]. The van der Waals surface area contributed by atoms with Crippen LogP contribution in [0.5, 0.6) is 0 Å². The van der Waals surface area contributed by atoms with Crippen LogP contribution in [0.4, 0.5) is 0 Å². The van der Waals surface area contributed by atoms with Crippen molar-refractivity contribution < 1.29 is 75.8 Å². The molecule has 0 saturated heterocycles. The number of hydrogen-bond donors (Lipinski definition) is 0. The van der Waals surface area contributed by atoms with Crippen LogP contribution in [0.15, 0.2) is 0 Å². The summed E-state index contributed by atoms with van der Waals surface area (Å²) < 4.78 is 0. The summed E-state index contributed by atoms with van der Waals surface area (Å²) in [6.07, 6.45) is 0. The van der Waals surface area contributed by atoms with Gasteiger partial charge in [-0.1, -0.05) is 0 Å². The first-order valence-corrected chi connectivity index (χ1v) is 3.20. The maximum atomic E-state index is 8.93. The Labute approximate surface area is 146 Å². The molecule has 17 heteroatoms. The number of carbonyl (C=O) groups excluding carboxylic acids is 6. The Morgan fingerprint density at radius 1 is 0.348 bits per heavy atom. The molecule has 0 aliphatic carbocycles. The normalized spacial score (nSPS) is 5.74. The van der Waals surface area contributed by atoms with E-state index < -0.39 is 35.8 Å². The quantitative estimate of drug-likeness (QED) is 0.282. The smallest absolute Gasteiger partial charge is 0.543 e. The average Bonchev–Trinajstić information content (AvgIpc) is 2.18. The first-order valence-electron chi connectivity index (χ1n) is 3.20. The van der Waals surface area contributed by atoms with Gasteiger partial charge in [0.1, 0.15) is 0 Å². The van der Waals surface area contributed by atoms with Gasteiger partial charge < -0.3 is 75.8 Å². The molecule has 0 aromatic heterocycles. The van der Waals surface area contributed by atoms with E-state index in [0.717, 1.165) is 0 Å². The summed E-state index contributed by atoms with van der Waals surface area (Å²) in [7, 11) is 0. The molecule has 0 saturated carbocycles. The molecule has 0 spiro atoms. The molecule has 0 aromatic carbocycles.